The van der Waals surface area contributed by atoms with Gasteiger partial charge < -0.3 is 9.67 Å². The highest BCUT2D eigenvalue weighted by Crippen LogP contribution is 2.32. The van der Waals surface area contributed by atoms with E-state index in [4.69, 9.17) is 5.11 Å². The summed E-state index contributed by atoms with van der Waals surface area (Å²) in [4.78, 5) is 4.76. The van der Waals surface area contributed by atoms with Crippen LogP contribution in [0.25, 0.3) is 0 Å². The summed E-state index contributed by atoms with van der Waals surface area (Å²) in [6.07, 6.45) is 4.72. The molecule has 2 aromatic rings. The zero-order chi connectivity index (χ0) is 18.8. The van der Waals surface area contributed by atoms with Gasteiger partial charge in [-0.3, -0.25) is 9.80 Å². The van der Waals surface area contributed by atoms with Gasteiger partial charge in [-0.15, -0.1) is 10.2 Å². The maximum atomic E-state index is 9.08. The van der Waals surface area contributed by atoms with Crippen LogP contribution in [0.5, 0.6) is 0 Å². The zero-order valence-corrected chi connectivity index (χ0v) is 16.5. The molecule has 0 saturated carbocycles. The van der Waals surface area contributed by atoms with Crippen molar-refractivity contribution in [3.63, 3.8) is 0 Å². The fourth-order valence-corrected chi connectivity index (χ4v) is 4.68. The molecule has 2 aliphatic rings. The number of fused-ring (bicyclic) bond motifs is 1. The van der Waals surface area contributed by atoms with Crippen molar-refractivity contribution in [1.29, 1.82) is 0 Å². The monoisotopic (exact) mass is 369 g/mol. The highest BCUT2D eigenvalue weighted by Gasteiger charge is 2.31. The van der Waals surface area contributed by atoms with E-state index >= 15 is 0 Å². The summed E-state index contributed by atoms with van der Waals surface area (Å²) >= 11 is 0. The lowest BCUT2D eigenvalue weighted by Crippen LogP contribution is -2.41. The number of likely N-dealkylation sites (tertiary alicyclic amines) is 1. The molecule has 2 heterocycles. The van der Waals surface area contributed by atoms with E-state index in [2.05, 4.69) is 55.9 Å². The molecule has 1 fully saturated rings. The highest BCUT2D eigenvalue weighted by atomic mass is 16.3. The fourth-order valence-electron chi connectivity index (χ4n) is 4.68. The number of hydrogen-bond acceptors (Lipinski definition) is 5. The van der Waals surface area contributed by atoms with Gasteiger partial charge in [-0.2, -0.15) is 0 Å². The minimum atomic E-state index is 0.171. The lowest BCUT2D eigenvalue weighted by Gasteiger charge is -2.35. The van der Waals surface area contributed by atoms with E-state index in [0.29, 0.717) is 18.5 Å². The predicted octanol–water partition coefficient (Wildman–Crippen LogP) is 1.59. The summed E-state index contributed by atoms with van der Waals surface area (Å²) in [5, 5.41) is 18.0. The van der Waals surface area contributed by atoms with Crippen molar-refractivity contribution in [2.75, 3.05) is 33.3 Å². The van der Waals surface area contributed by atoms with E-state index in [1.54, 1.807) is 0 Å². The molecule has 27 heavy (non-hydrogen) atoms. The molecule has 0 atom stereocenters. The minimum absolute atomic E-state index is 0.171. The molecule has 146 valence electrons. The number of hydrogen-bond donors (Lipinski definition) is 1. The smallest absolute Gasteiger partial charge is 0.146 e. The molecule has 1 aromatic carbocycles. The second kappa shape index (κ2) is 8.09. The molecule has 1 aromatic heterocycles. The van der Waals surface area contributed by atoms with Gasteiger partial charge in [0.25, 0.3) is 0 Å². The quantitative estimate of drug-likeness (QED) is 0.838. The average Bonchev–Trinajstić information content (AvgIpc) is 3.26. The lowest BCUT2D eigenvalue weighted by molar-refractivity contribution is 0.153. The Bertz CT molecular complexity index is 741. The van der Waals surface area contributed by atoms with E-state index in [0.717, 1.165) is 44.1 Å². The molecule has 1 aliphatic heterocycles. The van der Waals surface area contributed by atoms with Gasteiger partial charge in [0.05, 0.1) is 13.2 Å². The van der Waals surface area contributed by atoms with Gasteiger partial charge in [0.2, 0.25) is 0 Å². The van der Waals surface area contributed by atoms with E-state index in [1.165, 1.54) is 24.0 Å². The van der Waals surface area contributed by atoms with Crippen LogP contribution in [0.3, 0.4) is 0 Å². The number of piperidine rings is 1. The topological polar surface area (TPSA) is 57.4 Å². The number of nitrogens with zero attached hydrogens (tertiary/aromatic N) is 5. The number of aliphatic hydroxyl groups is 1. The summed E-state index contributed by atoms with van der Waals surface area (Å²) < 4.78 is 2.17. The minimum Gasteiger partial charge on any atom is -0.395 e. The van der Waals surface area contributed by atoms with Crippen molar-refractivity contribution in [1.82, 2.24) is 24.6 Å². The fraction of sp³-hybridized carbons (Fsp3) is 0.619. The van der Waals surface area contributed by atoms with Crippen molar-refractivity contribution >= 4 is 0 Å². The molecule has 0 radical (unpaired) electrons. The Kier molecular flexibility index (Phi) is 5.57. The Morgan fingerprint density at radius 3 is 2.41 bits per heavy atom. The van der Waals surface area contributed by atoms with E-state index in [1.807, 2.05) is 7.05 Å². The number of aliphatic hydroxyl groups excluding tert-OH is 1. The third-order valence-electron chi connectivity index (χ3n) is 6.33. The molecule has 1 N–H and O–H groups in total. The molecule has 1 aliphatic carbocycles. The highest BCUT2D eigenvalue weighted by molar-refractivity contribution is 5.33. The summed E-state index contributed by atoms with van der Waals surface area (Å²) in [7, 11) is 4.08. The van der Waals surface area contributed by atoms with E-state index in [9.17, 15) is 0 Å². The first kappa shape index (κ1) is 18.6. The SMILES string of the molecule is CN(CCO)Cc1nnc(C2CCN(C3Cc4ccccc4C3)CC2)n1C. The van der Waals surface area contributed by atoms with E-state index < -0.39 is 0 Å². The average molecular weight is 370 g/mol. The van der Waals surface area contributed by atoms with Crippen LogP contribution in [0, 0.1) is 0 Å². The molecule has 0 bridgehead atoms. The Morgan fingerprint density at radius 2 is 1.78 bits per heavy atom. The molecule has 6 heteroatoms. The van der Waals surface area contributed by atoms with Crippen molar-refractivity contribution in [3.05, 3.63) is 47.0 Å². The maximum Gasteiger partial charge on any atom is 0.146 e. The van der Waals surface area contributed by atoms with Gasteiger partial charge in [0.1, 0.15) is 11.6 Å². The van der Waals surface area contributed by atoms with Gasteiger partial charge in [-0.25, -0.2) is 0 Å². The van der Waals surface area contributed by atoms with Crippen LogP contribution in [0.2, 0.25) is 0 Å². The van der Waals surface area contributed by atoms with Gasteiger partial charge >= 0.3 is 0 Å². The molecule has 6 nitrogen and oxygen atoms in total. The normalized spacial score (nSPS) is 19.1. The third kappa shape index (κ3) is 3.93. The Labute approximate surface area is 161 Å². The lowest BCUT2D eigenvalue weighted by atomic mass is 9.94. The molecular weight excluding hydrogens is 338 g/mol. The van der Waals surface area contributed by atoms with Crippen molar-refractivity contribution in [3.8, 4) is 0 Å². The molecule has 1 saturated heterocycles. The van der Waals surface area contributed by atoms with Crippen LogP contribution >= 0.6 is 0 Å². The summed E-state index contributed by atoms with van der Waals surface area (Å²) in [6.45, 7) is 3.85. The number of aromatic nitrogens is 3. The number of likely N-dealkylation sites (N-methyl/N-ethyl adjacent to an activating group) is 1. The van der Waals surface area contributed by atoms with Crippen molar-refractivity contribution in [2.45, 2.75) is 44.2 Å². The first-order valence-electron chi connectivity index (χ1n) is 10.1. The number of rotatable bonds is 6. The van der Waals surface area contributed by atoms with Crippen LogP contribution in [-0.4, -0.2) is 69.0 Å². The molecule has 0 spiro atoms. The van der Waals surface area contributed by atoms with Crippen molar-refractivity contribution < 1.29 is 5.11 Å². The molecule has 4 rings (SSSR count). The van der Waals surface area contributed by atoms with Crippen LogP contribution in [0.1, 0.15) is 41.5 Å². The molecule has 0 amide bonds. The van der Waals surface area contributed by atoms with Gasteiger partial charge in [-0.1, -0.05) is 24.3 Å². The summed E-state index contributed by atoms with van der Waals surface area (Å²) in [5.74, 6) is 2.60. The largest absolute Gasteiger partial charge is 0.395 e. The first-order valence-corrected chi connectivity index (χ1v) is 10.1. The summed E-state index contributed by atoms with van der Waals surface area (Å²) in [6, 6.07) is 9.58. The van der Waals surface area contributed by atoms with Crippen LogP contribution < -0.4 is 0 Å². The standard InChI is InChI=1S/C21H31N5O/c1-24(11-12-27)15-20-22-23-21(25(20)2)16-7-9-26(10-8-16)19-13-17-5-3-4-6-18(17)14-19/h3-6,16,19,27H,7-15H2,1-2H3. The second-order valence-corrected chi connectivity index (χ2v) is 8.14. The van der Waals surface area contributed by atoms with Crippen LogP contribution in [-0.2, 0) is 26.4 Å². The Hall–Kier alpha value is -1.76. The van der Waals surface area contributed by atoms with Crippen molar-refractivity contribution in [2.24, 2.45) is 7.05 Å². The third-order valence-corrected chi connectivity index (χ3v) is 6.33. The van der Waals surface area contributed by atoms with Crippen LogP contribution in [0.4, 0.5) is 0 Å². The number of benzene rings is 1. The summed E-state index contributed by atoms with van der Waals surface area (Å²) in [5.41, 5.74) is 3.07. The van der Waals surface area contributed by atoms with Gasteiger partial charge in [0, 0.05) is 25.6 Å². The Balaban J connectivity index is 1.34. The van der Waals surface area contributed by atoms with Crippen LogP contribution in [0.15, 0.2) is 24.3 Å². The maximum absolute atomic E-state index is 9.08. The molecule has 0 unspecified atom stereocenters. The van der Waals surface area contributed by atoms with Gasteiger partial charge in [-0.05, 0) is 56.9 Å². The second-order valence-electron chi connectivity index (χ2n) is 8.14. The first-order chi connectivity index (χ1) is 13.2. The van der Waals surface area contributed by atoms with E-state index in [-0.39, 0.29) is 6.61 Å². The molecular formula is C21H31N5O. The predicted molar refractivity (Wildman–Crippen MR) is 106 cm³/mol. The Morgan fingerprint density at radius 1 is 1.11 bits per heavy atom. The van der Waals surface area contributed by atoms with Gasteiger partial charge in [0.15, 0.2) is 0 Å². The zero-order valence-electron chi connectivity index (χ0n) is 16.5.